The maximum absolute atomic E-state index is 11.0. The molecule has 0 unspecified atom stereocenters. The number of unbranched alkanes of at least 4 members (excludes halogenated alkanes) is 3. The average molecular weight is 226 g/mol. The van der Waals surface area contributed by atoms with Gasteiger partial charge in [-0.05, 0) is 31.6 Å². The highest BCUT2D eigenvalue weighted by Gasteiger charge is 2.03. The zero-order chi connectivity index (χ0) is 12.4. The van der Waals surface area contributed by atoms with Crippen molar-refractivity contribution in [1.29, 1.82) is 0 Å². The van der Waals surface area contributed by atoms with E-state index in [1.807, 2.05) is 6.92 Å². The van der Waals surface area contributed by atoms with E-state index in [-0.39, 0.29) is 11.4 Å². The summed E-state index contributed by atoms with van der Waals surface area (Å²) in [4.78, 5) is 11.0. The predicted octanol–water partition coefficient (Wildman–Crippen LogP) is 4.10. The second kappa shape index (κ2) is 8.37. The Hall–Kier alpha value is -0.790. The molecule has 0 aliphatic rings. The van der Waals surface area contributed by atoms with Crippen LogP contribution in [0.25, 0.3) is 0 Å². The Morgan fingerprint density at radius 1 is 1.19 bits per heavy atom. The van der Waals surface area contributed by atoms with Gasteiger partial charge in [-0.1, -0.05) is 39.3 Å². The molecule has 94 valence electrons. The first-order valence-electron chi connectivity index (χ1n) is 6.29. The first-order chi connectivity index (χ1) is 7.45. The molecule has 16 heavy (non-hydrogen) atoms. The van der Waals surface area contributed by atoms with Gasteiger partial charge >= 0.3 is 5.97 Å². The molecule has 0 aliphatic heterocycles. The van der Waals surface area contributed by atoms with Crippen LogP contribution in [0.1, 0.15) is 59.8 Å². The number of carbonyl (C=O) groups excluding carboxylic acids is 1. The van der Waals surface area contributed by atoms with Crippen LogP contribution in [0.2, 0.25) is 0 Å². The van der Waals surface area contributed by atoms with Crippen molar-refractivity contribution in [1.82, 2.24) is 0 Å². The van der Waals surface area contributed by atoms with E-state index >= 15 is 0 Å². The lowest BCUT2D eigenvalue weighted by Gasteiger charge is -2.10. The Balaban J connectivity index is 3.34. The standard InChI is InChI=1S/C14H26O2/c1-5-16-13(15)11-9-7-6-8-10-12-14(2,3)4/h10,12H,5-9,11H2,1-4H3. The molecule has 2 nitrogen and oxygen atoms in total. The Morgan fingerprint density at radius 2 is 1.88 bits per heavy atom. The second-order valence-corrected chi connectivity index (χ2v) is 5.17. The lowest BCUT2D eigenvalue weighted by molar-refractivity contribution is -0.143. The Bertz CT molecular complexity index is 211. The van der Waals surface area contributed by atoms with Crippen LogP contribution in [0, 0.1) is 5.41 Å². The molecule has 0 aromatic rings. The third-order valence-corrected chi connectivity index (χ3v) is 2.17. The second-order valence-electron chi connectivity index (χ2n) is 5.17. The van der Waals surface area contributed by atoms with Gasteiger partial charge in [0.25, 0.3) is 0 Å². The summed E-state index contributed by atoms with van der Waals surface area (Å²) in [5.74, 6) is -0.0623. The van der Waals surface area contributed by atoms with Crippen molar-refractivity contribution in [2.45, 2.75) is 59.8 Å². The van der Waals surface area contributed by atoms with Crippen LogP contribution in [-0.2, 0) is 9.53 Å². The fraction of sp³-hybridized carbons (Fsp3) is 0.786. The molecule has 0 fully saturated rings. The minimum atomic E-state index is -0.0623. The van der Waals surface area contributed by atoms with Gasteiger partial charge in [0, 0.05) is 6.42 Å². The van der Waals surface area contributed by atoms with Crippen molar-refractivity contribution < 1.29 is 9.53 Å². The highest BCUT2D eigenvalue weighted by molar-refractivity contribution is 5.69. The predicted molar refractivity (Wildman–Crippen MR) is 68.3 cm³/mol. The van der Waals surface area contributed by atoms with E-state index in [9.17, 15) is 4.79 Å². The van der Waals surface area contributed by atoms with E-state index < -0.39 is 0 Å². The fourth-order valence-corrected chi connectivity index (χ4v) is 1.38. The van der Waals surface area contributed by atoms with E-state index in [0.717, 1.165) is 25.7 Å². The van der Waals surface area contributed by atoms with Gasteiger partial charge in [0.2, 0.25) is 0 Å². The number of hydrogen-bond acceptors (Lipinski definition) is 2. The van der Waals surface area contributed by atoms with E-state index in [1.165, 1.54) is 0 Å². The molecule has 0 saturated carbocycles. The zero-order valence-corrected chi connectivity index (χ0v) is 11.2. The molecule has 0 aromatic heterocycles. The van der Waals surface area contributed by atoms with Gasteiger partial charge in [0.05, 0.1) is 6.61 Å². The molecule has 0 saturated heterocycles. The molecule has 0 spiro atoms. The van der Waals surface area contributed by atoms with Gasteiger partial charge in [-0.3, -0.25) is 4.79 Å². The smallest absolute Gasteiger partial charge is 0.305 e. The summed E-state index contributed by atoms with van der Waals surface area (Å²) in [6.45, 7) is 8.93. The molecule has 0 radical (unpaired) electrons. The summed E-state index contributed by atoms with van der Waals surface area (Å²) < 4.78 is 4.86. The summed E-state index contributed by atoms with van der Waals surface area (Å²) in [7, 11) is 0. The summed E-state index contributed by atoms with van der Waals surface area (Å²) in [5, 5.41) is 0. The topological polar surface area (TPSA) is 26.3 Å². The van der Waals surface area contributed by atoms with Gasteiger partial charge in [-0.15, -0.1) is 0 Å². The quantitative estimate of drug-likeness (QED) is 0.371. The van der Waals surface area contributed by atoms with Crippen LogP contribution in [0.3, 0.4) is 0 Å². The van der Waals surface area contributed by atoms with E-state index in [0.29, 0.717) is 13.0 Å². The van der Waals surface area contributed by atoms with Crippen LogP contribution in [0.5, 0.6) is 0 Å². The summed E-state index contributed by atoms with van der Waals surface area (Å²) in [6.07, 6.45) is 9.38. The minimum absolute atomic E-state index is 0.0623. The minimum Gasteiger partial charge on any atom is -0.466 e. The molecule has 2 heteroatoms. The molecule has 0 atom stereocenters. The average Bonchev–Trinajstić information content (AvgIpc) is 2.15. The Kier molecular flexibility index (Phi) is 7.96. The maximum Gasteiger partial charge on any atom is 0.305 e. The summed E-state index contributed by atoms with van der Waals surface area (Å²) in [5.41, 5.74) is 0.283. The number of hydrogen-bond donors (Lipinski definition) is 0. The zero-order valence-electron chi connectivity index (χ0n) is 11.2. The van der Waals surface area contributed by atoms with Gasteiger partial charge in [-0.2, -0.15) is 0 Å². The summed E-state index contributed by atoms with van der Waals surface area (Å²) in [6, 6.07) is 0. The molecule has 0 bridgehead atoms. The van der Waals surface area contributed by atoms with Gasteiger partial charge in [0.1, 0.15) is 0 Å². The first kappa shape index (κ1) is 15.2. The molecule has 0 aromatic carbocycles. The van der Waals surface area contributed by atoms with E-state index in [1.54, 1.807) is 0 Å². The molecular formula is C14H26O2. The molecule has 0 N–H and O–H groups in total. The van der Waals surface area contributed by atoms with Crippen molar-refractivity contribution in [3.05, 3.63) is 12.2 Å². The maximum atomic E-state index is 11.0. The normalized spacial score (nSPS) is 12.0. The number of allylic oxidation sites excluding steroid dienone is 2. The van der Waals surface area contributed by atoms with Crippen LogP contribution in [0.15, 0.2) is 12.2 Å². The number of rotatable bonds is 7. The third-order valence-electron chi connectivity index (χ3n) is 2.17. The van der Waals surface area contributed by atoms with Crippen LogP contribution >= 0.6 is 0 Å². The lowest BCUT2D eigenvalue weighted by Crippen LogP contribution is -2.03. The Morgan fingerprint density at radius 3 is 2.44 bits per heavy atom. The monoisotopic (exact) mass is 226 g/mol. The first-order valence-corrected chi connectivity index (χ1v) is 6.29. The van der Waals surface area contributed by atoms with Crippen molar-refractivity contribution in [3.8, 4) is 0 Å². The van der Waals surface area contributed by atoms with E-state index in [2.05, 4.69) is 32.9 Å². The fourth-order valence-electron chi connectivity index (χ4n) is 1.38. The van der Waals surface area contributed by atoms with Crippen LogP contribution in [-0.4, -0.2) is 12.6 Å². The van der Waals surface area contributed by atoms with Crippen molar-refractivity contribution >= 4 is 5.97 Å². The SMILES string of the molecule is CCOC(=O)CCCCCC=CC(C)(C)C. The number of carbonyl (C=O) groups is 1. The molecule has 0 aliphatic carbocycles. The molecule has 0 rings (SSSR count). The van der Waals surface area contributed by atoms with Gasteiger partial charge in [-0.25, -0.2) is 0 Å². The Labute approximate surface area is 100 Å². The van der Waals surface area contributed by atoms with E-state index in [4.69, 9.17) is 4.74 Å². The van der Waals surface area contributed by atoms with Crippen LogP contribution in [0.4, 0.5) is 0 Å². The molecular weight excluding hydrogens is 200 g/mol. The lowest BCUT2D eigenvalue weighted by atomic mass is 9.95. The highest BCUT2D eigenvalue weighted by atomic mass is 16.5. The molecule has 0 heterocycles. The van der Waals surface area contributed by atoms with Crippen molar-refractivity contribution in [2.75, 3.05) is 6.61 Å². The van der Waals surface area contributed by atoms with Gasteiger partial charge in [0.15, 0.2) is 0 Å². The summed E-state index contributed by atoms with van der Waals surface area (Å²) >= 11 is 0. The molecule has 0 amide bonds. The van der Waals surface area contributed by atoms with Gasteiger partial charge < -0.3 is 4.74 Å². The van der Waals surface area contributed by atoms with Crippen molar-refractivity contribution in [3.63, 3.8) is 0 Å². The largest absolute Gasteiger partial charge is 0.466 e. The number of esters is 1. The van der Waals surface area contributed by atoms with Crippen molar-refractivity contribution in [2.24, 2.45) is 5.41 Å². The highest BCUT2D eigenvalue weighted by Crippen LogP contribution is 2.15. The van der Waals surface area contributed by atoms with Crippen LogP contribution < -0.4 is 0 Å². The third kappa shape index (κ3) is 11.3. The number of ether oxygens (including phenoxy) is 1.